The van der Waals surface area contributed by atoms with Gasteiger partial charge in [-0.05, 0) is 47.6 Å². The van der Waals surface area contributed by atoms with Crippen LogP contribution in [0.15, 0.2) is 54.6 Å². The first-order valence-electron chi connectivity index (χ1n) is 9.06. The Morgan fingerprint density at radius 3 is 2.21 bits per heavy atom. The quantitative estimate of drug-likeness (QED) is 0.385. The molecule has 0 atom stereocenters. The highest BCUT2D eigenvalue weighted by molar-refractivity contribution is 6.13. The summed E-state index contributed by atoms with van der Waals surface area (Å²) in [5.74, 6) is -1.00. The van der Waals surface area contributed by atoms with Gasteiger partial charge < -0.3 is 9.47 Å². The maximum atomic E-state index is 12.7. The topological polar surface area (TPSA) is 69.7 Å². The molecular weight excluding hydrogens is 356 g/mol. The fourth-order valence-electron chi connectivity index (χ4n) is 3.59. The highest BCUT2D eigenvalue weighted by Crippen LogP contribution is 2.39. The van der Waals surface area contributed by atoms with Gasteiger partial charge in [0.25, 0.3) is 0 Å². The van der Waals surface area contributed by atoms with Gasteiger partial charge in [0, 0.05) is 17.9 Å². The fraction of sp³-hybridized carbons (Fsp3) is 0.174. The Labute approximate surface area is 161 Å². The van der Waals surface area contributed by atoms with Gasteiger partial charge in [-0.2, -0.15) is 0 Å². The molecule has 0 bridgehead atoms. The van der Waals surface area contributed by atoms with E-state index in [0.29, 0.717) is 22.3 Å². The molecule has 5 heteroatoms. The monoisotopic (exact) mass is 374 g/mol. The minimum absolute atomic E-state index is 0.331. The van der Waals surface area contributed by atoms with Crippen LogP contribution in [0.25, 0.3) is 10.8 Å². The number of rotatable bonds is 5. The third-order valence-corrected chi connectivity index (χ3v) is 4.88. The van der Waals surface area contributed by atoms with Gasteiger partial charge in [-0.1, -0.05) is 36.4 Å². The van der Waals surface area contributed by atoms with Crippen molar-refractivity contribution in [3.63, 3.8) is 0 Å². The van der Waals surface area contributed by atoms with Crippen LogP contribution >= 0.6 is 0 Å². The van der Waals surface area contributed by atoms with Crippen LogP contribution in [0, 0.1) is 0 Å². The molecule has 4 rings (SSSR count). The van der Waals surface area contributed by atoms with Crippen molar-refractivity contribution in [1.29, 1.82) is 0 Å². The molecular formula is C23H18O5. The molecule has 0 unspecified atom stereocenters. The highest BCUT2D eigenvalue weighted by Gasteiger charge is 2.24. The van der Waals surface area contributed by atoms with E-state index in [4.69, 9.17) is 9.47 Å². The summed E-state index contributed by atoms with van der Waals surface area (Å²) < 4.78 is 10.5. The normalized spacial score (nSPS) is 12.0. The molecule has 140 valence electrons. The summed E-state index contributed by atoms with van der Waals surface area (Å²) >= 11 is 0. The maximum absolute atomic E-state index is 12.7. The van der Waals surface area contributed by atoms with Gasteiger partial charge in [-0.25, -0.2) is 4.79 Å². The molecule has 0 radical (unpaired) electrons. The SMILES string of the molecule is CC(=O)OCC(=O)c1ccc2c3c(ccc(OC(=O)c4ccccc4)c13)CC2. The van der Waals surface area contributed by atoms with Crippen LogP contribution in [0.5, 0.6) is 5.75 Å². The Morgan fingerprint density at radius 1 is 0.857 bits per heavy atom. The minimum Gasteiger partial charge on any atom is -0.457 e. The molecule has 0 N–H and O–H groups in total. The summed E-state index contributed by atoms with van der Waals surface area (Å²) in [6, 6.07) is 16.0. The summed E-state index contributed by atoms with van der Waals surface area (Å²) in [7, 11) is 0. The Hall–Kier alpha value is -3.47. The third kappa shape index (κ3) is 3.27. The Bertz CT molecular complexity index is 1090. The molecule has 0 amide bonds. The Morgan fingerprint density at radius 2 is 1.54 bits per heavy atom. The van der Waals surface area contributed by atoms with E-state index >= 15 is 0 Å². The molecule has 5 nitrogen and oxygen atoms in total. The first-order valence-corrected chi connectivity index (χ1v) is 9.06. The lowest BCUT2D eigenvalue weighted by atomic mass is 9.96. The molecule has 28 heavy (non-hydrogen) atoms. The molecule has 0 aromatic heterocycles. The van der Waals surface area contributed by atoms with Crippen LogP contribution in [0.2, 0.25) is 0 Å². The van der Waals surface area contributed by atoms with E-state index < -0.39 is 11.9 Å². The number of hydrogen-bond donors (Lipinski definition) is 0. The summed E-state index contributed by atoms with van der Waals surface area (Å²) in [5, 5.41) is 1.56. The number of benzene rings is 3. The number of Topliss-reactive ketones (excluding diaryl/α,β-unsaturated/α-hetero) is 1. The van der Waals surface area contributed by atoms with E-state index in [1.165, 1.54) is 6.92 Å². The van der Waals surface area contributed by atoms with Crippen LogP contribution in [0.3, 0.4) is 0 Å². The van der Waals surface area contributed by atoms with Crippen LogP contribution in [0.1, 0.15) is 38.8 Å². The van der Waals surface area contributed by atoms with E-state index in [-0.39, 0.29) is 12.4 Å². The van der Waals surface area contributed by atoms with E-state index in [0.717, 1.165) is 29.4 Å². The second kappa shape index (κ2) is 7.27. The Kier molecular flexibility index (Phi) is 4.65. The second-order valence-electron chi connectivity index (χ2n) is 6.70. The molecule has 1 aliphatic carbocycles. The summed E-state index contributed by atoms with van der Waals surface area (Å²) in [5.41, 5.74) is 3.05. The number of carbonyl (C=O) groups is 3. The predicted octanol–water partition coefficient (Wildman–Crippen LogP) is 3.90. The molecule has 3 aromatic rings. The molecule has 0 fully saturated rings. The van der Waals surface area contributed by atoms with Crippen molar-refractivity contribution in [2.45, 2.75) is 19.8 Å². The summed E-state index contributed by atoms with van der Waals surface area (Å²) in [4.78, 5) is 36.3. The number of ketones is 1. The molecule has 1 aliphatic rings. The standard InChI is InChI=1S/C23H18O5/c1-14(24)27-13-19(25)18-11-9-15-7-8-16-10-12-20(22(18)21(15)16)28-23(26)17-5-3-2-4-6-17/h2-6,9-12H,7-8,13H2,1H3. The van der Waals surface area contributed by atoms with Crippen LogP contribution < -0.4 is 4.74 Å². The van der Waals surface area contributed by atoms with Crippen LogP contribution in [-0.4, -0.2) is 24.3 Å². The zero-order valence-corrected chi connectivity index (χ0v) is 15.4. The zero-order valence-electron chi connectivity index (χ0n) is 15.4. The minimum atomic E-state index is -0.519. The van der Waals surface area contributed by atoms with Crippen molar-refractivity contribution in [3.8, 4) is 5.75 Å². The lowest BCUT2D eigenvalue weighted by Gasteiger charge is -2.13. The van der Waals surface area contributed by atoms with Gasteiger partial charge in [-0.15, -0.1) is 0 Å². The predicted molar refractivity (Wildman–Crippen MR) is 104 cm³/mol. The lowest BCUT2D eigenvalue weighted by molar-refractivity contribution is -0.139. The number of hydrogen-bond acceptors (Lipinski definition) is 5. The van der Waals surface area contributed by atoms with E-state index in [2.05, 4.69) is 0 Å². The lowest BCUT2D eigenvalue weighted by Crippen LogP contribution is -2.14. The van der Waals surface area contributed by atoms with Gasteiger partial charge in [0.2, 0.25) is 5.78 Å². The smallest absolute Gasteiger partial charge is 0.343 e. The maximum Gasteiger partial charge on any atom is 0.343 e. The van der Waals surface area contributed by atoms with Gasteiger partial charge in [0.1, 0.15) is 5.75 Å². The van der Waals surface area contributed by atoms with Crippen molar-refractivity contribution in [1.82, 2.24) is 0 Å². The third-order valence-electron chi connectivity index (χ3n) is 4.88. The van der Waals surface area contributed by atoms with E-state index in [1.807, 2.05) is 18.2 Å². The van der Waals surface area contributed by atoms with Crippen LogP contribution in [-0.2, 0) is 22.4 Å². The fourth-order valence-corrected chi connectivity index (χ4v) is 3.59. The van der Waals surface area contributed by atoms with Gasteiger partial charge in [0.05, 0.1) is 5.56 Å². The van der Waals surface area contributed by atoms with Crippen LogP contribution in [0.4, 0.5) is 0 Å². The molecule has 0 saturated heterocycles. The van der Waals surface area contributed by atoms with Crippen molar-refractivity contribution < 1.29 is 23.9 Å². The average molecular weight is 374 g/mol. The molecule has 0 spiro atoms. The van der Waals surface area contributed by atoms with Gasteiger partial charge >= 0.3 is 11.9 Å². The number of esters is 2. The molecule has 0 heterocycles. The van der Waals surface area contributed by atoms with Crippen molar-refractivity contribution in [2.24, 2.45) is 0 Å². The number of carbonyl (C=O) groups excluding carboxylic acids is 3. The molecule has 3 aromatic carbocycles. The van der Waals surface area contributed by atoms with Gasteiger partial charge in [0.15, 0.2) is 6.61 Å². The van der Waals surface area contributed by atoms with E-state index in [1.54, 1.807) is 36.4 Å². The first-order chi connectivity index (χ1) is 13.5. The van der Waals surface area contributed by atoms with Crippen molar-refractivity contribution in [2.75, 3.05) is 6.61 Å². The average Bonchev–Trinajstić information content (AvgIpc) is 3.13. The zero-order chi connectivity index (χ0) is 19.7. The number of aryl methyl sites for hydroxylation is 2. The van der Waals surface area contributed by atoms with Crippen molar-refractivity contribution >= 4 is 28.5 Å². The second-order valence-corrected chi connectivity index (χ2v) is 6.70. The summed E-state index contributed by atoms with van der Waals surface area (Å²) in [6.07, 6.45) is 1.75. The first kappa shape index (κ1) is 17.9. The molecule has 0 aliphatic heterocycles. The molecule has 0 saturated carbocycles. The largest absolute Gasteiger partial charge is 0.457 e. The van der Waals surface area contributed by atoms with Gasteiger partial charge in [-0.3, -0.25) is 9.59 Å². The van der Waals surface area contributed by atoms with E-state index in [9.17, 15) is 14.4 Å². The Balaban J connectivity index is 1.80. The number of ether oxygens (including phenoxy) is 2. The summed E-state index contributed by atoms with van der Waals surface area (Å²) in [6.45, 7) is 0.911. The highest BCUT2D eigenvalue weighted by atomic mass is 16.5. The van der Waals surface area contributed by atoms with Crippen molar-refractivity contribution in [3.05, 3.63) is 76.9 Å².